The summed E-state index contributed by atoms with van der Waals surface area (Å²) < 4.78 is 49.2. The molecule has 2 aliphatic rings. The Labute approximate surface area is 132 Å². The molecule has 2 unspecified atom stereocenters. The molecule has 2 rings (SSSR count). The molecule has 132 valence electrons. The molecule has 0 bridgehead atoms. The highest BCUT2D eigenvalue weighted by molar-refractivity contribution is 5.82. The number of rotatable bonds is 1. The van der Waals surface area contributed by atoms with Crippen LogP contribution in [-0.4, -0.2) is 66.4 Å². The molecule has 0 aromatic rings. The van der Waals surface area contributed by atoms with E-state index in [2.05, 4.69) is 5.32 Å². The Hall–Kier alpha value is -1.35. The van der Waals surface area contributed by atoms with Gasteiger partial charge in [0.2, 0.25) is 0 Å². The molecule has 6 nitrogen and oxygen atoms in total. The predicted octanol–water partition coefficient (Wildman–Crippen LogP) is 0.850. The summed E-state index contributed by atoms with van der Waals surface area (Å²) >= 11 is 0. The van der Waals surface area contributed by atoms with Crippen molar-refractivity contribution < 1.29 is 32.2 Å². The van der Waals surface area contributed by atoms with Gasteiger partial charge in [0.15, 0.2) is 0 Å². The molecule has 2 atom stereocenters. The molecule has 1 amide bonds. The number of amides is 1. The summed E-state index contributed by atoms with van der Waals surface area (Å²) in [6.07, 6.45) is -5.74. The Bertz CT molecular complexity index is 495. The van der Waals surface area contributed by atoms with E-state index in [1.807, 2.05) is 13.8 Å². The molecule has 23 heavy (non-hydrogen) atoms. The minimum absolute atomic E-state index is 0.103. The van der Waals surface area contributed by atoms with Crippen molar-refractivity contribution in [3.63, 3.8) is 0 Å². The molecule has 1 N–H and O–H groups in total. The number of ether oxygens (including phenoxy) is 2. The molecular weight excluding hydrogens is 317 g/mol. The van der Waals surface area contributed by atoms with Crippen LogP contribution in [0.4, 0.5) is 13.2 Å². The number of nitrogens with one attached hydrogen (secondary N) is 1. The van der Waals surface area contributed by atoms with Crippen LogP contribution in [-0.2, 0) is 19.1 Å². The molecule has 2 fully saturated rings. The average Bonchev–Trinajstić information content (AvgIpc) is 2.38. The predicted molar refractivity (Wildman–Crippen MR) is 73.6 cm³/mol. The van der Waals surface area contributed by atoms with E-state index in [9.17, 15) is 22.8 Å². The van der Waals surface area contributed by atoms with Gasteiger partial charge in [0, 0.05) is 26.6 Å². The van der Waals surface area contributed by atoms with Gasteiger partial charge in [0.1, 0.15) is 11.7 Å². The lowest BCUT2D eigenvalue weighted by Gasteiger charge is -2.52. The molecule has 2 aliphatic heterocycles. The highest BCUT2D eigenvalue weighted by atomic mass is 19.4. The van der Waals surface area contributed by atoms with Crippen molar-refractivity contribution in [2.24, 2.45) is 0 Å². The van der Waals surface area contributed by atoms with Gasteiger partial charge in [-0.1, -0.05) is 0 Å². The monoisotopic (exact) mass is 338 g/mol. The lowest BCUT2D eigenvalue weighted by molar-refractivity contribution is -0.239. The number of hydrogen-bond donors (Lipinski definition) is 1. The quantitative estimate of drug-likeness (QED) is 0.718. The molecule has 0 aromatic carbocycles. The molecule has 1 spiro atoms. The van der Waals surface area contributed by atoms with E-state index in [0.29, 0.717) is 18.0 Å². The van der Waals surface area contributed by atoms with Crippen molar-refractivity contribution in [1.29, 1.82) is 0 Å². The summed E-state index contributed by atoms with van der Waals surface area (Å²) in [5, 5.41) is 3.17. The molecule has 0 radical (unpaired) electrons. The summed E-state index contributed by atoms with van der Waals surface area (Å²) in [4.78, 5) is 23.5. The van der Waals surface area contributed by atoms with Crippen LogP contribution in [0, 0.1) is 0 Å². The summed E-state index contributed by atoms with van der Waals surface area (Å²) in [5.41, 5.74) is -1.48. The van der Waals surface area contributed by atoms with Crippen molar-refractivity contribution in [2.75, 3.05) is 26.2 Å². The van der Waals surface area contributed by atoms with Crippen LogP contribution < -0.4 is 5.32 Å². The van der Waals surface area contributed by atoms with Gasteiger partial charge in [-0.3, -0.25) is 9.59 Å². The minimum atomic E-state index is -4.95. The van der Waals surface area contributed by atoms with Crippen LogP contribution in [0.5, 0.6) is 0 Å². The fraction of sp³-hybridized carbons (Fsp3) is 0.857. The van der Waals surface area contributed by atoms with Crippen molar-refractivity contribution >= 4 is 11.9 Å². The van der Waals surface area contributed by atoms with Crippen LogP contribution in [0.15, 0.2) is 0 Å². The Morgan fingerprint density at radius 2 is 1.96 bits per heavy atom. The van der Waals surface area contributed by atoms with E-state index in [-0.39, 0.29) is 19.5 Å². The average molecular weight is 338 g/mol. The van der Waals surface area contributed by atoms with Crippen LogP contribution in [0.25, 0.3) is 0 Å². The second kappa shape index (κ2) is 5.94. The van der Waals surface area contributed by atoms with Crippen LogP contribution in [0.3, 0.4) is 0 Å². The van der Waals surface area contributed by atoms with Gasteiger partial charge in [0.25, 0.3) is 0 Å². The van der Waals surface area contributed by atoms with Crippen LogP contribution in [0.1, 0.15) is 27.2 Å². The Morgan fingerprint density at radius 1 is 1.30 bits per heavy atom. The molecule has 2 heterocycles. The number of halogens is 3. The number of carbonyl (C=O) groups is 2. The molecular formula is C14H21F3N2O4. The third-order valence-electron chi connectivity index (χ3n) is 4.07. The van der Waals surface area contributed by atoms with E-state index in [1.165, 1.54) is 6.92 Å². The van der Waals surface area contributed by atoms with E-state index in [0.717, 1.165) is 0 Å². The minimum Gasteiger partial charge on any atom is -0.458 e. The zero-order chi connectivity index (χ0) is 17.5. The van der Waals surface area contributed by atoms with Crippen molar-refractivity contribution in [1.82, 2.24) is 10.2 Å². The Kier molecular flexibility index (Phi) is 4.64. The third-order valence-corrected chi connectivity index (χ3v) is 4.07. The fourth-order valence-electron chi connectivity index (χ4n) is 3.17. The molecule has 0 aliphatic carbocycles. The Balaban J connectivity index is 2.22. The Morgan fingerprint density at radius 3 is 2.48 bits per heavy atom. The highest BCUT2D eigenvalue weighted by Crippen LogP contribution is 2.36. The molecule has 0 saturated carbocycles. The largest absolute Gasteiger partial charge is 0.471 e. The van der Waals surface area contributed by atoms with Crippen LogP contribution in [0.2, 0.25) is 0 Å². The first-order valence-electron chi connectivity index (χ1n) is 7.39. The lowest BCUT2D eigenvalue weighted by Crippen LogP contribution is -2.69. The van der Waals surface area contributed by atoms with E-state index >= 15 is 0 Å². The van der Waals surface area contributed by atoms with Gasteiger partial charge in [-0.2, -0.15) is 13.2 Å². The van der Waals surface area contributed by atoms with Crippen molar-refractivity contribution in [2.45, 2.75) is 50.7 Å². The number of nitrogens with zero attached hydrogens (tertiary/aromatic N) is 1. The number of morpholine rings is 1. The SMILES string of the molecule is CC(=O)OC1CN(C(=O)C(F)(F)F)CCC12CNCC(C)(C)O2. The normalized spacial score (nSPS) is 31.0. The van der Waals surface area contributed by atoms with Crippen LogP contribution >= 0.6 is 0 Å². The smallest absolute Gasteiger partial charge is 0.458 e. The van der Waals surface area contributed by atoms with Crippen molar-refractivity contribution in [3.05, 3.63) is 0 Å². The zero-order valence-electron chi connectivity index (χ0n) is 13.3. The number of alkyl halides is 3. The zero-order valence-corrected chi connectivity index (χ0v) is 13.3. The molecule has 9 heteroatoms. The third kappa shape index (κ3) is 3.95. The van der Waals surface area contributed by atoms with Gasteiger partial charge < -0.3 is 19.7 Å². The van der Waals surface area contributed by atoms with E-state index in [1.54, 1.807) is 0 Å². The van der Waals surface area contributed by atoms with Gasteiger partial charge in [-0.15, -0.1) is 0 Å². The summed E-state index contributed by atoms with van der Waals surface area (Å²) in [7, 11) is 0. The number of carbonyl (C=O) groups excluding carboxylic acids is 2. The first-order chi connectivity index (χ1) is 10.5. The second-order valence-corrected chi connectivity index (χ2v) is 6.63. The number of piperidine rings is 1. The van der Waals surface area contributed by atoms with Gasteiger partial charge in [-0.05, 0) is 20.3 Å². The maximum Gasteiger partial charge on any atom is 0.471 e. The number of hydrogen-bond acceptors (Lipinski definition) is 5. The van der Waals surface area contributed by atoms with Gasteiger partial charge >= 0.3 is 18.1 Å². The second-order valence-electron chi connectivity index (χ2n) is 6.63. The summed E-state index contributed by atoms with van der Waals surface area (Å²) in [5.74, 6) is -2.55. The topological polar surface area (TPSA) is 67.9 Å². The maximum absolute atomic E-state index is 12.6. The highest BCUT2D eigenvalue weighted by Gasteiger charge is 2.54. The number of esters is 1. The van der Waals surface area contributed by atoms with Gasteiger partial charge in [0.05, 0.1) is 12.1 Å². The van der Waals surface area contributed by atoms with E-state index in [4.69, 9.17) is 9.47 Å². The lowest BCUT2D eigenvalue weighted by atomic mass is 9.85. The number of likely N-dealkylation sites (tertiary alicyclic amines) is 1. The first-order valence-corrected chi connectivity index (χ1v) is 7.39. The summed E-state index contributed by atoms with van der Waals surface area (Å²) in [6.45, 7) is 5.36. The molecule has 2 saturated heterocycles. The first kappa shape index (κ1) is 18.0. The maximum atomic E-state index is 12.6. The van der Waals surface area contributed by atoms with E-state index < -0.39 is 35.4 Å². The van der Waals surface area contributed by atoms with Crippen molar-refractivity contribution in [3.8, 4) is 0 Å². The van der Waals surface area contributed by atoms with Gasteiger partial charge in [-0.25, -0.2) is 0 Å². The molecule has 0 aromatic heterocycles. The standard InChI is InChI=1S/C14H21F3N2O4/c1-9(20)22-10-6-19(11(21)14(15,16)17)5-4-13(10)8-18-7-12(2,3)23-13/h10,18H,4-8H2,1-3H3. The fourth-order valence-corrected chi connectivity index (χ4v) is 3.17. The summed E-state index contributed by atoms with van der Waals surface area (Å²) in [6, 6.07) is 0.